The van der Waals surface area contributed by atoms with E-state index in [-0.39, 0.29) is 10.0 Å². The number of aldehydes is 1. The third-order valence-corrected chi connectivity index (χ3v) is 2.23. The van der Waals surface area contributed by atoms with Gasteiger partial charge < -0.3 is 4.79 Å². The van der Waals surface area contributed by atoms with Gasteiger partial charge in [0.25, 0.3) is 5.56 Å². The van der Waals surface area contributed by atoms with Crippen LogP contribution in [0.25, 0.3) is 0 Å². The van der Waals surface area contributed by atoms with E-state index in [2.05, 4.69) is 5.10 Å². The highest BCUT2D eigenvalue weighted by atomic mass is 35.5. The van der Waals surface area contributed by atoms with Crippen molar-refractivity contribution in [3.05, 3.63) is 26.6 Å². The van der Waals surface area contributed by atoms with Gasteiger partial charge in [0.1, 0.15) is 17.4 Å². The summed E-state index contributed by atoms with van der Waals surface area (Å²) in [5, 5.41) is 3.63. The van der Waals surface area contributed by atoms with Crippen LogP contribution in [0.2, 0.25) is 10.0 Å². The second-order valence-corrected chi connectivity index (χ2v) is 3.22. The van der Waals surface area contributed by atoms with E-state index in [0.717, 1.165) is 4.68 Å². The van der Waals surface area contributed by atoms with Crippen LogP contribution in [0.3, 0.4) is 0 Å². The van der Waals surface area contributed by atoms with E-state index < -0.39 is 11.6 Å². The van der Waals surface area contributed by atoms with Crippen molar-refractivity contribution in [2.75, 3.05) is 0 Å². The molecule has 1 heterocycles. The standard InChI is InChI=1S/C7H6Cl2N2O2/c1-4(3-12)11-7(13)6(9)5(8)2-10-11/h2-4H,1H3. The molecule has 0 aliphatic heterocycles. The maximum absolute atomic E-state index is 11.3. The predicted octanol–water partition coefficient (Wildman–Crippen LogP) is 1.31. The Morgan fingerprint density at radius 3 is 2.77 bits per heavy atom. The molecule has 6 heteroatoms. The Morgan fingerprint density at radius 2 is 2.23 bits per heavy atom. The lowest BCUT2D eigenvalue weighted by Gasteiger charge is -2.06. The van der Waals surface area contributed by atoms with Crippen LogP contribution < -0.4 is 5.56 Å². The van der Waals surface area contributed by atoms with Crippen LogP contribution in [0.1, 0.15) is 13.0 Å². The van der Waals surface area contributed by atoms with Crippen molar-refractivity contribution in [1.29, 1.82) is 0 Å². The first kappa shape index (κ1) is 10.2. The summed E-state index contributed by atoms with van der Waals surface area (Å²) < 4.78 is 0.973. The van der Waals surface area contributed by atoms with Crippen molar-refractivity contribution in [1.82, 2.24) is 9.78 Å². The molecule has 70 valence electrons. The zero-order valence-corrected chi connectivity index (χ0v) is 8.21. The van der Waals surface area contributed by atoms with E-state index in [1.54, 1.807) is 0 Å². The Morgan fingerprint density at radius 1 is 1.62 bits per heavy atom. The number of hydrogen-bond donors (Lipinski definition) is 0. The van der Waals surface area contributed by atoms with Gasteiger partial charge in [-0.3, -0.25) is 4.79 Å². The molecule has 1 unspecified atom stereocenters. The Balaban J connectivity index is 3.34. The zero-order valence-electron chi connectivity index (χ0n) is 6.70. The molecule has 0 radical (unpaired) electrons. The maximum atomic E-state index is 11.3. The fourth-order valence-corrected chi connectivity index (χ4v) is 1.03. The quantitative estimate of drug-likeness (QED) is 0.707. The predicted molar refractivity (Wildman–Crippen MR) is 49.3 cm³/mol. The minimum absolute atomic E-state index is 0.0843. The molecule has 1 rings (SSSR count). The number of aromatic nitrogens is 2. The van der Waals surface area contributed by atoms with Gasteiger partial charge in [0, 0.05) is 0 Å². The molecule has 1 atom stereocenters. The summed E-state index contributed by atoms with van der Waals surface area (Å²) in [5.74, 6) is 0. The first-order chi connectivity index (χ1) is 6.07. The molecule has 0 N–H and O–H groups in total. The monoisotopic (exact) mass is 220 g/mol. The molecule has 13 heavy (non-hydrogen) atoms. The van der Waals surface area contributed by atoms with E-state index >= 15 is 0 Å². The van der Waals surface area contributed by atoms with Gasteiger partial charge >= 0.3 is 0 Å². The second kappa shape index (κ2) is 3.89. The molecule has 0 saturated heterocycles. The van der Waals surface area contributed by atoms with Crippen LogP contribution in [0.4, 0.5) is 0 Å². The summed E-state index contributed by atoms with van der Waals surface area (Å²) in [7, 11) is 0. The number of rotatable bonds is 2. The van der Waals surface area contributed by atoms with Gasteiger partial charge in [-0.05, 0) is 6.92 Å². The lowest BCUT2D eigenvalue weighted by atomic mass is 10.4. The van der Waals surface area contributed by atoms with E-state index in [9.17, 15) is 9.59 Å². The summed E-state index contributed by atoms with van der Waals surface area (Å²) >= 11 is 11.1. The van der Waals surface area contributed by atoms with Crippen molar-refractivity contribution < 1.29 is 4.79 Å². The molecule has 0 saturated carbocycles. The van der Waals surface area contributed by atoms with Gasteiger partial charge in [0.2, 0.25) is 0 Å². The first-order valence-corrected chi connectivity index (χ1v) is 4.21. The molecule has 1 aromatic rings. The lowest BCUT2D eigenvalue weighted by molar-refractivity contribution is -0.110. The Hall–Kier alpha value is -0.870. The third kappa shape index (κ3) is 1.89. The molecule has 1 aromatic heterocycles. The van der Waals surface area contributed by atoms with Gasteiger partial charge in [0.05, 0.1) is 11.2 Å². The van der Waals surface area contributed by atoms with E-state index in [1.807, 2.05) is 0 Å². The number of halogens is 2. The van der Waals surface area contributed by atoms with Crippen molar-refractivity contribution in [2.24, 2.45) is 0 Å². The summed E-state index contributed by atoms with van der Waals surface area (Å²) in [6.07, 6.45) is 1.82. The number of hydrogen-bond acceptors (Lipinski definition) is 3. The van der Waals surface area contributed by atoms with Crippen LogP contribution in [0.5, 0.6) is 0 Å². The van der Waals surface area contributed by atoms with E-state index in [4.69, 9.17) is 23.2 Å². The van der Waals surface area contributed by atoms with Crippen LogP contribution >= 0.6 is 23.2 Å². The van der Waals surface area contributed by atoms with Crippen molar-refractivity contribution in [3.8, 4) is 0 Å². The van der Waals surface area contributed by atoms with Gasteiger partial charge in [-0.2, -0.15) is 5.10 Å². The Labute approximate surface area is 84.1 Å². The molecule has 0 fully saturated rings. The minimum atomic E-state index is -0.637. The van der Waals surface area contributed by atoms with Crippen molar-refractivity contribution >= 4 is 29.5 Å². The van der Waals surface area contributed by atoms with Crippen LogP contribution in [0.15, 0.2) is 11.0 Å². The third-order valence-electron chi connectivity index (χ3n) is 1.48. The summed E-state index contributed by atoms with van der Waals surface area (Å²) in [6.45, 7) is 1.53. The summed E-state index contributed by atoms with van der Waals surface area (Å²) in [4.78, 5) is 21.7. The second-order valence-electron chi connectivity index (χ2n) is 2.43. The molecule has 0 spiro atoms. The topological polar surface area (TPSA) is 52.0 Å². The van der Waals surface area contributed by atoms with Crippen LogP contribution in [0, 0.1) is 0 Å². The molecule has 0 aromatic carbocycles. The molecular formula is C7H6Cl2N2O2. The van der Waals surface area contributed by atoms with Gasteiger partial charge in [-0.25, -0.2) is 4.68 Å². The fourth-order valence-electron chi connectivity index (χ4n) is 0.772. The largest absolute Gasteiger partial charge is 0.301 e. The highest BCUT2D eigenvalue weighted by Crippen LogP contribution is 2.15. The molecule has 4 nitrogen and oxygen atoms in total. The minimum Gasteiger partial charge on any atom is -0.301 e. The molecule has 0 bridgehead atoms. The summed E-state index contributed by atoms with van der Waals surface area (Å²) in [6, 6.07) is -0.637. The molecule has 0 amide bonds. The SMILES string of the molecule is CC(C=O)n1ncc(Cl)c(Cl)c1=O. The van der Waals surface area contributed by atoms with Gasteiger partial charge in [0.15, 0.2) is 0 Å². The van der Waals surface area contributed by atoms with Crippen molar-refractivity contribution in [2.45, 2.75) is 13.0 Å². The Bertz CT molecular complexity index is 389. The average molecular weight is 221 g/mol. The highest BCUT2D eigenvalue weighted by molar-refractivity contribution is 6.41. The van der Waals surface area contributed by atoms with Gasteiger partial charge in [-0.1, -0.05) is 23.2 Å². The van der Waals surface area contributed by atoms with Crippen molar-refractivity contribution in [3.63, 3.8) is 0 Å². The first-order valence-electron chi connectivity index (χ1n) is 3.46. The molecule has 0 aliphatic rings. The Kier molecular flexibility index (Phi) is 3.06. The highest BCUT2D eigenvalue weighted by Gasteiger charge is 2.11. The number of carbonyl (C=O) groups excluding carboxylic acids is 1. The smallest absolute Gasteiger partial charge is 0.287 e. The fraction of sp³-hybridized carbons (Fsp3) is 0.286. The average Bonchev–Trinajstić information content (AvgIpc) is 2.13. The molecule has 0 aliphatic carbocycles. The summed E-state index contributed by atoms with van der Waals surface area (Å²) in [5.41, 5.74) is -0.561. The number of carbonyl (C=O) groups is 1. The molecular weight excluding hydrogens is 215 g/mol. The van der Waals surface area contributed by atoms with E-state index in [1.165, 1.54) is 13.1 Å². The lowest BCUT2D eigenvalue weighted by Crippen LogP contribution is -2.26. The maximum Gasteiger partial charge on any atom is 0.287 e. The number of nitrogens with zero attached hydrogens (tertiary/aromatic N) is 2. The van der Waals surface area contributed by atoms with E-state index in [0.29, 0.717) is 6.29 Å². The zero-order chi connectivity index (χ0) is 10.0. The van der Waals surface area contributed by atoms with Crippen LogP contribution in [-0.2, 0) is 4.79 Å². The van der Waals surface area contributed by atoms with Crippen LogP contribution in [-0.4, -0.2) is 16.1 Å². The normalized spacial score (nSPS) is 12.5. The van der Waals surface area contributed by atoms with Gasteiger partial charge in [-0.15, -0.1) is 0 Å².